The Hall–Kier alpha value is -1.66. The zero-order valence-corrected chi connectivity index (χ0v) is 10.4. The van der Waals surface area contributed by atoms with Gasteiger partial charge in [0.2, 0.25) is 0 Å². The van der Waals surface area contributed by atoms with E-state index in [0.29, 0.717) is 18.7 Å². The Morgan fingerprint density at radius 3 is 2.78 bits per heavy atom. The molecular formula is C11H14ClN3O3. The summed E-state index contributed by atoms with van der Waals surface area (Å²) >= 11 is 0. The van der Waals surface area contributed by atoms with Crippen molar-refractivity contribution in [1.29, 1.82) is 0 Å². The first-order chi connectivity index (χ1) is 8.08. The molecule has 1 aromatic rings. The van der Waals surface area contributed by atoms with Crippen molar-refractivity contribution in [2.24, 2.45) is 5.73 Å². The average molecular weight is 272 g/mol. The number of nitrogens with two attached hydrogens (primary N) is 1. The van der Waals surface area contributed by atoms with Crippen molar-refractivity contribution in [3.63, 3.8) is 0 Å². The van der Waals surface area contributed by atoms with Crippen molar-refractivity contribution in [1.82, 2.24) is 4.90 Å². The van der Waals surface area contributed by atoms with E-state index in [1.807, 2.05) is 0 Å². The van der Waals surface area contributed by atoms with E-state index < -0.39 is 4.92 Å². The van der Waals surface area contributed by atoms with E-state index in [1.165, 1.54) is 18.2 Å². The predicted octanol–water partition coefficient (Wildman–Crippen LogP) is 1.19. The van der Waals surface area contributed by atoms with Gasteiger partial charge in [-0.05, 0) is 12.5 Å². The molecule has 7 heteroatoms. The van der Waals surface area contributed by atoms with Gasteiger partial charge in [-0.2, -0.15) is 0 Å². The third-order valence-electron chi connectivity index (χ3n) is 2.82. The van der Waals surface area contributed by atoms with E-state index in [2.05, 4.69) is 0 Å². The molecule has 1 aromatic carbocycles. The molecule has 0 saturated carbocycles. The highest BCUT2D eigenvalue weighted by Gasteiger charge is 2.25. The van der Waals surface area contributed by atoms with Gasteiger partial charge in [0.15, 0.2) is 0 Å². The highest BCUT2D eigenvalue weighted by atomic mass is 35.5. The number of rotatable bonds is 2. The Labute approximate surface area is 110 Å². The van der Waals surface area contributed by atoms with Crippen LogP contribution in [0.25, 0.3) is 0 Å². The van der Waals surface area contributed by atoms with Gasteiger partial charge in [-0.1, -0.05) is 6.07 Å². The van der Waals surface area contributed by atoms with Gasteiger partial charge >= 0.3 is 0 Å². The van der Waals surface area contributed by atoms with E-state index in [9.17, 15) is 14.9 Å². The molecule has 2 rings (SSSR count). The maximum Gasteiger partial charge on any atom is 0.270 e. The van der Waals surface area contributed by atoms with Gasteiger partial charge in [0.25, 0.3) is 11.6 Å². The van der Waals surface area contributed by atoms with Crippen molar-refractivity contribution >= 4 is 24.0 Å². The maximum atomic E-state index is 12.0. The lowest BCUT2D eigenvalue weighted by molar-refractivity contribution is -0.384. The first-order valence-electron chi connectivity index (χ1n) is 5.37. The summed E-state index contributed by atoms with van der Waals surface area (Å²) in [7, 11) is 0. The van der Waals surface area contributed by atoms with Crippen LogP contribution in [-0.2, 0) is 0 Å². The summed E-state index contributed by atoms with van der Waals surface area (Å²) in [6, 6.07) is 5.77. The molecule has 1 fully saturated rings. The maximum absolute atomic E-state index is 12.0. The minimum absolute atomic E-state index is 0. The quantitative estimate of drug-likeness (QED) is 0.646. The summed E-state index contributed by atoms with van der Waals surface area (Å²) in [4.78, 5) is 23.7. The summed E-state index contributed by atoms with van der Waals surface area (Å²) in [5.74, 6) is -0.193. The molecule has 1 atom stereocenters. The lowest BCUT2D eigenvalue weighted by Crippen LogP contribution is -2.31. The third-order valence-corrected chi connectivity index (χ3v) is 2.82. The molecule has 1 aliphatic rings. The fourth-order valence-corrected chi connectivity index (χ4v) is 1.91. The summed E-state index contributed by atoms with van der Waals surface area (Å²) in [5, 5.41) is 10.6. The fraction of sp³-hybridized carbons (Fsp3) is 0.364. The Kier molecular flexibility index (Phi) is 4.63. The lowest BCUT2D eigenvalue weighted by Gasteiger charge is -2.15. The molecule has 1 unspecified atom stereocenters. The van der Waals surface area contributed by atoms with Gasteiger partial charge in [-0.25, -0.2) is 0 Å². The predicted molar refractivity (Wildman–Crippen MR) is 68.8 cm³/mol. The van der Waals surface area contributed by atoms with Crippen molar-refractivity contribution in [2.45, 2.75) is 12.5 Å². The van der Waals surface area contributed by atoms with Crippen molar-refractivity contribution in [3.8, 4) is 0 Å². The number of nitro benzene ring substituents is 1. The molecule has 0 aliphatic carbocycles. The first-order valence-corrected chi connectivity index (χ1v) is 5.37. The van der Waals surface area contributed by atoms with Gasteiger partial charge in [0, 0.05) is 36.8 Å². The molecule has 6 nitrogen and oxygen atoms in total. The Balaban J connectivity index is 0.00000162. The molecule has 1 saturated heterocycles. The second-order valence-electron chi connectivity index (χ2n) is 4.11. The Morgan fingerprint density at radius 1 is 1.50 bits per heavy atom. The molecule has 0 bridgehead atoms. The van der Waals surface area contributed by atoms with Crippen molar-refractivity contribution < 1.29 is 9.72 Å². The molecule has 0 aromatic heterocycles. The normalized spacial score (nSPS) is 18.3. The first kappa shape index (κ1) is 14.4. The molecule has 0 radical (unpaired) electrons. The van der Waals surface area contributed by atoms with Crippen LogP contribution in [-0.4, -0.2) is 34.9 Å². The largest absolute Gasteiger partial charge is 0.337 e. The highest BCUT2D eigenvalue weighted by molar-refractivity contribution is 5.95. The topological polar surface area (TPSA) is 89.5 Å². The summed E-state index contributed by atoms with van der Waals surface area (Å²) in [6.45, 7) is 1.13. The number of nitro groups is 1. The van der Waals surface area contributed by atoms with E-state index in [1.54, 1.807) is 11.0 Å². The summed E-state index contributed by atoms with van der Waals surface area (Å²) < 4.78 is 0. The van der Waals surface area contributed by atoms with Crippen LogP contribution in [0.5, 0.6) is 0 Å². The number of hydrogen-bond acceptors (Lipinski definition) is 4. The van der Waals surface area contributed by atoms with Crippen molar-refractivity contribution in [2.75, 3.05) is 13.1 Å². The summed E-state index contributed by atoms with van der Waals surface area (Å²) in [5.41, 5.74) is 5.99. The number of nitrogens with zero attached hydrogens (tertiary/aromatic N) is 2. The molecule has 98 valence electrons. The van der Waals surface area contributed by atoms with Crippen LogP contribution in [0.4, 0.5) is 5.69 Å². The Bertz CT molecular complexity index is 467. The second-order valence-corrected chi connectivity index (χ2v) is 4.11. The van der Waals surface area contributed by atoms with Gasteiger partial charge < -0.3 is 10.6 Å². The van der Waals surface area contributed by atoms with Crippen LogP contribution in [0.3, 0.4) is 0 Å². The Morgan fingerprint density at radius 2 is 2.22 bits per heavy atom. The van der Waals surface area contributed by atoms with Crippen LogP contribution < -0.4 is 5.73 Å². The lowest BCUT2D eigenvalue weighted by atomic mass is 10.2. The molecule has 1 heterocycles. The van der Waals surface area contributed by atoms with Gasteiger partial charge in [-0.3, -0.25) is 14.9 Å². The molecule has 18 heavy (non-hydrogen) atoms. The molecule has 2 N–H and O–H groups in total. The standard InChI is InChI=1S/C11H13N3O3.ClH/c12-9-4-5-13(7-9)11(15)8-2-1-3-10(6-8)14(16)17;/h1-3,6,9H,4-5,7,12H2;1H. The molecular weight excluding hydrogens is 258 g/mol. The summed E-state index contributed by atoms with van der Waals surface area (Å²) in [6.07, 6.45) is 0.778. The van der Waals surface area contributed by atoms with Crippen LogP contribution in [0.2, 0.25) is 0 Å². The number of carbonyl (C=O) groups excluding carboxylic acids is 1. The monoisotopic (exact) mass is 271 g/mol. The fourth-order valence-electron chi connectivity index (χ4n) is 1.91. The third kappa shape index (κ3) is 2.96. The SMILES string of the molecule is Cl.NC1CCN(C(=O)c2cccc([N+](=O)[O-])c2)C1. The number of benzene rings is 1. The number of hydrogen-bond donors (Lipinski definition) is 1. The molecule has 1 amide bonds. The van der Waals surface area contributed by atoms with Gasteiger partial charge in [0.05, 0.1) is 4.92 Å². The van der Waals surface area contributed by atoms with Crippen LogP contribution in [0.15, 0.2) is 24.3 Å². The zero-order chi connectivity index (χ0) is 12.4. The molecule has 1 aliphatic heterocycles. The van der Waals surface area contributed by atoms with Gasteiger partial charge in [-0.15, -0.1) is 12.4 Å². The zero-order valence-electron chi connectivity index (χ0n) is 9.61. The van der Waals surface area contributed by atoms with E-state index >= 15 is 0 Å². The van der Waals surface area contributed by atoms with Crippen LogP contribution >= 0.6 is 12.4 Å². The van der Waals surface area contributed by atoms with E-state index in [4.69, 9.17) is 5.73 Å². The minimum atomic E-state index is -0.507. The number of non-ortho nitro benzene ring substituents is 1. The van der Waals surface area contributed by atoms with E-state index in [0.717, 1.165) is 6.42 Å². The minimum Gasteiger partial charge on any atom is -0.337 e. The van der Waals surface area contributed by atoms with E-state index in [-0.39, 0.29) is 30.0 Å². The smallest absolute Gasteiger partial charge is 0.270 e. The van der Waals surface area contributed by atoms with Crippen LogP contribution in [0, 0.1) is 10.1 Å². The van der Waals surface area contributed by atoms with Crippen LogP contribution in [0.1, 0.15) is 16.8 Å². The van der Waals surface area contributed by atoms with Gasteiger partial charge in [0.1, 0.15) is 0 Å². The second kappa shape index (κ2) is 5.79. The highest BCUT2D eigenvalue weighted by Crippen LogP contribution is 2.17. The number of likely N-dealkylation sites (tertiary alicyclic amines) is 1. The number of carbonyl (C=O) groups is 1. The average Bonchev–Trinajstić information content (AvgIpc) is 2.75. The number of halogens is 1. The number of amides is 1. The molecule has 0 spiro atoms. The van der Waals surface area contributed by atoms with Crippen molar-refractivity contribution in [3.05, 3.63) is 39.9 Å².